The number of nitrogens with zero attached hydrogens (tertiary/aromatic N) is 1. The first-order chi connectivity index (χ1) is 4.74. The van der Waals surface area contributed by atoms with Gasteiger partial charge < -0.3 is 5.11 Å². The first kappa shape index (κ1) is 7.06. The average molecular weight is 137 g/mol. The van der Waals surface area contributed by atoms with Gasteiger partial charge in [-0.1, -0.05) is 13.0 Å². The Balaban J connectivity index is 3.07. The van der Waals surface area contributed by atoms with E-state index in [0.29, 0.717) is 0 Å². The van der Waals surface area contributed by atoms with Gasteiger partial charge in [-0.3, -0.25) is 0 Å². The molecule has 0 unspecified atom stereocenters. The van der Waals surface area contributed by atoms with Crippen LogP contribution < -0.4 is 0 Å². The molecule has 1 rings (SSSR count). The number of aromatic nitrogens is 1. The second kappa shape index (κ2) is 2.69. The maximum absolute atomic E-state index is 9.18. The Kier molecular flexibility index (Phi) is 1.90. The number of hydrogen-bond donors (Lipinski definition) is 1. The summed E-state index contributed by atoms with van der Waals surface area (Å²) >= 11 is 0. The van der Waals surface area contributed by atoms with E-state index < -0.39 is 0 Å². The Morgan fingerprint density at radius 1 is 1.50 bits per heavy atom. The zero-order valence-electron chi connectivity index (χ0n) is 6.26. The van der Waals surface area contributed by atoms with Gasteiger partial charge in [0.15, 0.2) is 0 Å². The van der Waals surface area contributed by atoms with Gasteiger partial charge in [-0.25, -0.2) is 4.98 Å². The minimum Gasteiger partial charge on any atom is -0.493 e. The summed E-state index contributed by atoms with van der Waals surface area (Å²) in [6.07, 6.45) is 0.832. The number of aromatic hydroxyl groups is 1. The molecule has 0 atom stereocenters. The van der Waals surface area contributed by atoms with Gasteiger partial charge in [-0.05, 0) is 19.4 Å². The van der Waals surface area contributed by atoms with Crippen molar-refractivity contribution in [2.75, 3.05) is 0 Å². The monoisotopic (exact) mass is 137 g/mol. The van der Waals surface area contributed by atoms with E-state index in [1.165, 1.54) is 0 Å². The van der Waals surface area contributed by atoms with Crippen molar-refractivity contribution in [2.45, 2.75) is 20.3 Å². The molecule has 0 bridgehead atoms. The summed E-state index contributed by atoms with van der Waals surface area (Å²) in [5, 5.41) is 9.18. The van der Waals surface area contributed by atoms with Crippen molar-refractivity contribution >= 4 is 0 Å². The Morgan fingerprint density at radius 2 is 2.20 bits per heavy atom. The number of rotatable bonds is 1. The van der Waals surface area contributed by atoms with Crippen molar-refractivity contribution < 1.29 is 5.11 Å². The lowest BCUT2D eigenvalue weighted by atomic mass is 10.2. The molecule has 0 fully saturated rings. The molecule has 0 spiro atoms. The van der Waals surface area contributed by atoms with Gasteiger partial charge in [0.25, 0.3) is 0 Å². The fourth-order valence-corrected chi connectivity index (χ4v) is 0.848. The maximum Gasteiger partial charge on any atom is 0.214 e. The van der Waals surface area contributed by atoms with Crippen molar-refractivity contribution in [2.24, 2.45) is 0 Å². The molecule has 0 aliphatic carbocycles. The van der Waals surface area contributed by atoms with Crippen LogP contribution in [0.4, 0.5) is 0 Å². The van der Waals surface area contributed by atoms with E-state index in [1.54, 1.807) is 0 Å². The van der Waals surface area contributed by atoms with Gasteiger partial charge in [0.1, 0.15) is 0 Å². The molecular weight excluding hydrogens is 126 g/mol. The average Bonchev–Trinajstić information content (AvgIpc) is 1.88. The Labute approximate surface area is 60.5 Å². The third-order valence-electron chi connectivity index (χ3n) is 1.48. The summed E-state index contributed by atoms with van der Waals surface area (Å²) in [6.45, 7) is 3.85. The number of hydrogen-bond acceptors (Lipinski definition) is 2. The van der Waals surface area contributed by atoms with Crippen LogP contribution in [0.3, 0.4) is 0 Å². The summed E-state index contributed by atoms with van der Waals surface area (Å²) in [4.78, 5) is 3.90. The molecule has 2 heteroatoms. The second-order valence-electron chi connectivity index (χ2n) is 2.29. The van der Waals surface area contributed by atoms with Gasteiger partial charge in [-0.2, -0.15) is 0 Å². The summed E-state index contributed by atoms with van der Waals surface area (Å²) in [5.74, 6) is 0.169. The van der Waals surface area contributed by atoms with E-state index in [1.807, 2.05) is 26.0 Å². The highest BCUT2D eigenvalue weighted by Crippen LogP contribution is 2.13. The molecule has 54 valence electrons. The van der Waals surface area contributed by atoms with Crippen LogP contribution in [-0.2, 0) is 6.42 Å². The summed E-state index contributed by atoms with van der Waals surface area (Å²) in [5.41, 5.74) is 1.76. The largest absolute Gasteiger partial charge is 0.493 e. The zero-order valence-corrected chi connectivity index (χ0v) is 6.26. The number of pyridine rings is 1. The summed E-state index contributed by atoms with van der Waals surface area (Å²) in [6, 6.07) is 3.80. The molecule has 2 nitrogen and oxygen atoms in total. The second-order valence-corrected chi connectivity index (χ2v) is 2.29. The highest BCUT2D eigenvalue weighted by molar-refractivity contribution is 5.26. The Hall–Kier alpha value is -1.05. The van der Waals surface area contributed by atoms with Crippen molar-refractivity contribution in [3.8, 4) is 5.88 Å². The summed E-state index contributed by atoms with van der Waals surface area (Å²) in [7, 11) is 0. The quantitative estimate of drug-likeness (QED) is 0.638. The molecule has 1 N–H and O–H groups in total. The Bertz CT molecular complexity index is 233. The van der Waals surface area contributed by atoms with E-state index in [4.69, 9.17) is 0 Å². The molecule has 0 radical (unpaired) electrons. The van der Waals surface area contributed by atoms with Crippen molar-refractivity contribution in [1.82, 2.24) is 4.98 Å². The lowest BCUT2D eigenvalue weighted by Gasteiger charge is -1.99. The van der Waals surface area contributed by atoms with Crippen molar-refractivity contribution in [3.05, 3.63) is 23.4 Å². The van der Waals surface area contributed by atoms with Gasteiger partial charge in [0.2, 0.25) is 5.88 Å². The predicted molar refractivity (Wildman–Crippen MR) is 40.0 cm³/mol. The molecule has 0 saturated heterocycles. The normalized spacial score (nSPS) is 9.80. The predicted octanol–water partition coefficient (Wildman–Crippen LogP) is 1.66. The Morgan fingerprint density at radius 3 is 2.70 bits per heavy atom. The van der Waals surface area contributed by atoms with Crippen LogP contribution in [0.1, 0.15) is 18.2 Å². The highest BCUT2D eigenvalue weighted by Gasteiger charge is 1.97. The minimum atomic E-state index is 0.169. The van der Waals surface area contributed by atoms with Gasteiger partial charge in [0, 0.05) is 11.3 Å². The topological polar surface area (TPSA) is 33.1 Å². The van der Waals surface area contributed by atoms with Gasteiger partial charge in [-0.15, -0.1) is 0 Å². The third kappa shape index (κ3) is 1.26. The highest BCUT2D eigenvalue weighted by atomic mass is 16.3. The van der Waals surface area contributed by atoms with Gasteiger partial charge >= 0.3 is 0 Å². The SMILES string of the molecule is CCc1ccc(C)nc1O. The van der Waals surface area contributed by atoms with E-state index in [0.717, 1.165) is 17.7 Å². The van der Waals surface area contributed by atoms with E-state index in [2.05, 4.69) is 4.98 Å². The molecule has 0 amide bonds. The first-order valence-electron chi connectivity index (χ1n) is 3.39. The van der Waals surface area contributed by atoms with Crippen molar-refractivity contribution in [3.63, 3.8) is 0 Å². The molecule has 0 aliphatic heterocycles. The zero-order chi connectivity index (χ0) is 7.56. The van der Waals surface area contributed by atoms with E-state index in [-0.39, 0.29) is 5.88 Å². The molecule has 1 aromatic heterocycles. The fraction of sp³-hybridized carbons (Fsp3) is 0.375. The van der Waals surface area contributed by atoms with Crippen LogP contribution in [0.15, 0.2) is 12.1 Å². The fourth-order valence-electron chi connectivity index (χ4n) is 0.848. The van der Waals surface area contributed by atoms with E-state index >= 15 is 0 Å². The number of aryl methyl sites for hydroxylation is 2. The third-order valence-corrected chi connectivity index (χ3v) is 1.48. The first-order valence-corrected chi connectivity index (χ1v) is 3.39. The molecule has 1 heterocycles. The smallest absolute Gasteiger partial charge is 0.214 e. The minimum absolute atomic E-state index is 0.169. The van der Waals surface area contributed by atoms with Crippen LogP contribution in [0.5, 0.6) is 5.88 Å². The lowest BCUT2D eigenvalue weighted by Crippen LogP contribution is -1.86. The molecule has 0 saturated carbocycles. The van der Waals surface area contributed by atoms with Gasteiger partial charge in [0.05, 0.1) is 0 Å². The molecule has 0 aromatic carbocycles. The van der Waals surface area contributed by atoms with Crippen LogP contribution in [0, 0.1) is 6.92 Å². The van der Waals surface area contributed by atoms with Crippen molar-refractivity contribution in [1.29, 1.82) is 0 Å². The van der Waals surface area contributed by atoms with Crippen LogP contribution in [0.2, 0.25) is 0 Å². The molecular formula is C8H11NO. The summed E-state index contributed by atoms with van der Waals surface area (Å²) < 4.78 is 0. The molecule has 10 heavy (non-hydrogen) atoms. The molecule has 0 aliphatic rings. The van der Waals surface area contributed by atoms with Crippen LogP contribution in [0.25, 0.3) is 0 Å². The molecule has 1 aromatic rings. The standard InChI is InChI=1S/C8H11NO/c1-3-7-5-4-6(2)9-8(7)10/h4-5H,3H2,1-2H3,(H,9,10). The lowest BCUT2D eigenvalue weighted by molar-refractivity contribution is 0.445. The maximum atomic E-state index is 9.18. The van der Waals surface area contributed by atoms with Crippen LogP contribution in [-0.4, -0.2) is 10.1 Å². The van der Waals surface area contributed by atoms with E-state index in [9.17, 15) is 5.11 Å². The van der Waals surface area contributed by atoms with Crippen LogP contribution >= 0.6 is 0 Å².